The van der Waals surface area contributed by atoms with Crippen LogP contribution >= 0.6 is 0 Å². The Morgan fingerprint density at radius 1 is 1.23 bits per heavy atom. The number of nitrogens with one attached hydrogen (secondary N) is 2. The Labute approximate surface area is 194 Å². The molecule has 0 radical (unpaired) electrons. The van der Waals surface area contributed by atoms with Gasteiger partial charge in [0.25, 0.3) is 12.3 Å². The van der Waals surface area contributed by atoms with Gasteiger partial charge in [0.1, 0.15) is 11.4 Å². The first-order chi connectivity index (χ1) is 16.5. The summed E-state index contributed by atoms with van der Waals surface area (Å²) in [6.07, 6.45) is -2.42. The molecule has 0 bridgehead atoms. The zero-order valence-corrected chi connectivity index (χ0v) is 18.3. The second-order valence-electron chi connectivity index (χ2n) is 7.36. The van der Waals surface area contributed by atoms with Gasteiger partial charge < -0.3 is 20.6 Å². The number of alkyl halides is 5. The van der Waals surface area contributed by atoms with Crippen molar-refractivity contribution in [2.45, 2.75) is 19.0 Å². The fourth-order valence-corrected chi connectivity index (χ4v) is 3.22. The summed E-state index contributed by atoms with van der Waals surface area (Å²) in [4.78, 5) is 28.3. The largest absolute Gasteiger partial charge is 0.490 e. The minimum Gasteiger partial charge on any atom is -0.475 e. The number of carboxylic acid groups (broad SMARTS) is 1. The summed E-state index contributed by atoms with van der Waals surface area (Å²) in [5.41, 5.74) is 0.0724. The van der Waals surface area contributed by atoms with E-state index in [0.717, 1.165) is 38.4 Å². The van der Waals surface area contributed by atoms with E-state index in [9.17, 15) is 26.7 Å². The highest BCUT2D eigenvalue weighted by molar-refractivity contribution is 6.08. The molecule has 0 spiro atoms. The van der Waals surface area contributed by atoms with E-state index in [4.69, 9.17) is 9.90 Å². The number of anilines is 2. The molecule has 0 atom stereocenters. The minimum atomic E-state index is -5.08. The van der Waals surface area contributed by atoms with E-state index in [-0.39, 0.29) is 11.3 Å². The van der Waals surface area contributed by atoms with Crippen LogP contribution in [0.3, 0.4) is 0 Å². The van der Waals surface area contributed by atoms with E-state index in [0.29, 0.717) is 5.65 Å². The topological polar surface area (TPSA) is 130 Å². The molecular formula is C19H21F5N8O3. The number of hydrogen-bond acceptors (Lipinski definition) is 7. The number of carbonyl (C=O) groups excluding carboxylic acids is 1. The lowest BCUT2D eigenvalue weighted by atomic mass is 10.3. The van der Waals surface area contributed by atoms with E-state index in [1.54, 1.807) is 6.20 Å². The molecule has 1 aliphatic rings. The van der Waals surface area contributed by atoms with Gasteiger partial charge in [0.15, 0.2) is 11.3 Å². The van der Waals surface area contributed by atoms with Gasteiger partial charge in [0.2, 0.25) is 0 Å². The fraction of sp³-hybridized carbons (Fsp3) is 0.421. The lowest BCUT2D eigenvalue weighted by Crippen LogP contribution is -2.28. The quantitative estimate of drug-likeness (QED) is 0.461. The average molecular weight is 504 g/mol. The van der Waals surface area contributed by atoms with Crippen molar-refractivity contribution in [2.24, 2.45) is 7.05 Å². The van der Waals surface area contributed by atoms with E-state index >= 15 is 0 Å². The van der Waals surface area contributed by atoms with Crippen LogP contribution < -0.4 is 15.5 Å². The van der Waals surface area contributed by atoms with Crippen molar-refractivity contribution in [1.82, 2.24) is 29.7 Å². The molecule has 3 N–H and O–H groups in total. The Bertz CT molecular complexity index is 1190. The zero-order chi connectivity index (χ0) is 25.8. The Morgan fingerprint density at radius 3 is 2.60 bits per heavy atom. The van der Waals surface area contributed by atoms with Crippen LogP contribution in [0.15, 0.2) is 24.7 Å². The predicted molar refractivity (Wildman–Crippen MR) is 112 cm³/mol. The molecule has 3 aromatic rings. The van der Waals surface area contributed by atoms with Crippen molar-refractivity contribution in [3.63, 3.8) is 0 Å². The number of amides is 1. The monoisotopic (exact) mass is 504 g/mol. The van der Waals surface area contributed by atoms with Crippen LogP contribution in [0, 0.1) is 0 Å². The lowest BCUT2D eigenvalue weighted by molar-refractivity contribution is -0.192. The molecule has 0 unspecified atom stereocenters. The number of aryl methyl sites for hydroxylation is 1. The molecule has 11 nitrogen and oxygen atoms in total. The molecule has 35 heavy (non-hydrogen) atoms. The van der Waals surface area contributed by atoms with E-state index in [1.165, 1.54) is 28.6 Å². The number of hydrogen-bond donors (Lipinski definition) is 3. The number of carboxylic acids is 1. The third-order valence-electron chi connectivity index (χ3n) is 4.82. The van der Waals surface area contributed by atoms with Crippen molar-refractivity contribution in [3.8, 4) is 0 Å². The van der Waals surface area contributed by atoms with E-state index in [1.807, 2.05) is 6.07 Å². The zero-order valence-electron chi connectivity index (χ0n) is 18.3. The highest BCUT2D eigenvalue weighted by atomic mass is 19.4. The fourth-order valence-electron chi connectivity index (χ4n) is 3.22. The van der Waals surface area contributed by atoms with Gasteiger partial charge in [-0.2, -0.15) is 23.4 Å². The van der Waals surface area contributed by atoms with Crippen LogP contribution in [0.2, 0.25) is 0 Å². The first-order valence-corrected chi connectivity index (χ1v) is 10.2. The Morgan fingerprint density at radius 2 is 1.94 bits per heavy atom. The maximum atomic E-state index is 13.1. The lowest BCUT2D eigenvalue weighted by Gasteiger charge is -2.20. The molecule has 16 heteroatoms. The van der Waals surface area contributed by atoms with Crippen LogP contribution in [0.4, 0.5) is 33.5 Å². The summed E-state index contributed by atoms with van der Waals surface area (Å²) in [5, 5.41) is 20.8. The first-order valence-electron chi connectivity index (χ1n) is 10.2. The second kappa shape index (κ2) is 10.6. The number of fused-ring (bicyclic) bond motifs is 1. The van der Waals surface area contributed by atoms with Gasteiger partial charge in [-0.05, 0) is 19.0 Å². The molecule has 0 saturated carbocycles. The second-order valence-corrected chi connectivity index (χ2v) is 7.36. The van der Waals surface area contributed by atoms with Gasteiger partial charge in [-0.15, -0.1) is 0 Å². The third kappa shape index (κ3) is 6.40. The van der Waals surface area contributed by atoms with Gasteiger partial charge in [-0.1, -0.05) is 0 Å². The maximum Gasteiger partial charge on any atom is 0.490 e. The Hall–Kier alpha value is -3.82. The molecular weight excluding hydrogens is 483 g/mol. The van der Waals surface area contributed by atoms with Crippen molar-refractivity contribution in [3.05, 3.63) is 35.9 Å². The summed E-state index contributed by atoms with van der Waals surface area (Å²) in [5.74, 6) is -2.57. The van der Waals surface area contributed by atoms with Gasteiger partial charge in [-0.25, -0.2) is 23.1 Å². The summed E-state index contributed by atoms with van der Waals surface area (Å²) in [6.45, 7) is 3.49. The molecule has 4 heterocycles. The van der Waals surface area contributed by atoms with Crippen LogP contribution in [0.1, 0.15) is 28.9 Å². The maximum absolute atomic E-state index is 13.1. The van der Waals surface area contributed by atoms with E-state index < -0.39 is 30.2 Å². The molecule has 0 aliphatic carbocycles. The Kier molecular flexibility index (Phi) is 7.83. The van der Waals surface area contributed by atoms with Crippen LogP contribution in [-0.2, 0) is 11.8 Å². The highest BCUT2D eigenvalue weighted by Gasteiger charge is 2.38. The normalized spacial score (nSPS) is 14.4. The molecule has 1 fully saturated rings. The highest BCUT2D eigenvalue weighted by Crippen LogP contribution is 2.26. The van der Waals surface area contributed by atoms with Gasteiger partial charge >= 0.3 is 12.1 Å². The summed E-state index contributed by atoms with van der Waals surface area (Å²) < 4.78 is 60.7. The molecule has 190 valence electrons. The molecule has 1 saturated heterocycles. The van der Waals surface area contributed by atoms with Gasteiger partial charge in [0.05, 0.1) is 11.9 Å². The Balaban J connectivity index is 0.000000429. The molecule has 1 amide bonds. The SMILES string of the molecule is Cn1cc(NC(=O)c2cnn3ccc(N4CCCNCC4)nc23)c(C(F)F)n1.O=C(O)C(F)(F)F. The smallest absolute Gasteiger partial charge is 0.475 e. The molecule has 3 aromatic heterocycles. The number of halogens is 5. The van der Waals surface area contributed by atoms with Crippen LogP contribution in [0.5, 0.6) is 0 Å². The number of nitrogens with zero attached hydrogens (tertiary/aromatic N) is 6. The number of rotatable bonds is 4. The van der Waals surface area contributed by atoms with Crippen molar-refractivity contribution in [1.29, 1.82) is 0 Å². The number of aromatic nitrogens is 5. The van der Waals surface area contributed by atoms with E-state index in [2.05, 4.69) is 30.7 Å². The van der Waals surface area contributed by atoms with Crippen molar-refractivity contribution < 1.29 is 36.6 Å². The van der Waals surface area contributed by atoms with Crippen LogP contribution in [-0.4, -0.2) is 73.7 Å². The average Bonchev–Trinajstić information content (AvgIpc) is 3.25. The van der Waals surface area contributed by atoms with Crippen LogP contribution in [0.25, 0.3) is 5.65 Å². The summed E-state index contributed by atoms with van der Waals surface area (Å²) in [7, 11) is 1.51. The predicted octanol–water partition coefficient (Wildman–Crippen LogP) is 2.09. The molecule has 4 rings (SSSR count). The van der Waals surface area contributed by atoms with Crippen molar-refractivity contribution >= 4 is 29.0 Å². The summed E-state index contributed by atoms with van der Waals surface area (Å²) in [6, 6.07) is 1.85. The molecule has 1 aliphatic heterocycles. The first kappa shape index (κ1) is 25.8. The minimum absolute atomic E-state index is 0.0309. The third-order valence-corrected chi connectivity index (χ3v) is 4.82. The molecule has 0 aromatic carbocycles. The number of aliphatic carboxylic acids is 1. The standard InChI is InChI=1S/C17H20F2N8O.C2HF3O2/c1-25-10-12(14(24-25)15(18)19)22-17(28)11-9-21-27-7-3-13(23-16(11)27)26-6-2-4-20-5-8-26;3-2(4,5)1(6)7/h3,7,9-10,15,20H,2,4-6,8H2,1H3,(H,22,28);(H,6,7). The van der Waals surface area contributed by atoms with Gasteiger partial charge in [-0.3, -0.25) is 9.48 Å². The van der Waals surface area contributed by atoms with Crippen molar-refractivity contribution in [2.75, 3.05) is 36.4 Å². The van der Waals surface area contributed by atoms with Gasteiger partial charge in [0, 0.05) is 39.1 Å². The number of carbonyl (C=O) groups is 2. The summed E-state index contributed by atoms with van der Waals surface area (Å²) >= 11 is 0.